The van der Waals surface area contributed by atoms with Crippen LogP contribution in [0.2, 0.25) is 0 Å². The molecule has 8 nitrogen and oxygen atoms in total. The van der Waals surface area contributed by atoms with Gasteiger partial charge in [0, 0.05) is 31.1 Å². The van der Waals surface area contributed by atoms with Gasteiger partial charge in [0.2, 0.25) is 21.8 Å². The molecule has 0 saturated carbocycles. The summed E-state index contributed by atoms with van der Waals surface area (Å²) < 4.78 is 46.3. The third-order valence-corrected chi connectivity index (χ3v) is 6.66. The van der Waals surface area contributed by atoms with Gasteiger partial charge in [-0.25, -0.2) is 12.8 Å². The highest BCUT2D eigenvalue weighted by atomic mass is 32.2. The minimum Gasteiger partial charge on any atom is -0.492 e. The van der Waals surface area contributed by atoms with Gasteiger partial charge in [-0.1, -0.05) is 30.3 Å². The van der Waals surface area contributed by atoms with Crippen LogP contribution in [0.25, 0.3) is 0 Å². The first-order valence-corrected chi connectivity index (χ1v) is 13.8. The Kier molecular flexibility index (Phi) is 10.7. The first kappa shape index (κ1) is 29.1. The number of rotatable bonds is 13. The zero-order chi connectivity index (χ0) is 26.9. The average molecular weight is 522 g/mol. The molecule has 0 aromatic heterocycles. The standard InChI is InChI=1S/C26H36FN3O5S/c1-6-35-24-15-10-9-14-23(24)30(36(5,33)34)17-11-16-25(31)29(20(4)26(32)28-19(2)3)18-21-12-7-8-13-22(21)27/h7-10,12-15,19-20H,6,11,16-18H2,1-5H3,(H,28,32)/t20-/m1/s1. The van der Waals surface area contributed by atoms with Crippen molar-refractivity contribution in [3.63, 3.8) is 0 Å². The number of nitrogens with one attached hydrogen (secondary N) is 1. The summed E-state index contributed by atoms with van der Waals surface area (Å²) in [5.41, 5.74) is 0.681. The maximum atomic E-state index is 14.3. The summed E-state index contributed by atoms with van der Waals surface area (Å²) in [5, 5.41) is 2.78. The van der Waals surface area contributed by atoms with E-state index in [1.165, 1.54) is 15.3 Å². The predicted octanol–water partition coefficient (Wildman–Crippen LogP) is 3.71. The average Bonchev–Trinajstić information content (AvgIpc) is 2.80. The number of carbonyl (C=O) groups excluding carboxylic acids is 2. The van der Waals surface area contributed by atoms with Crippen molar-refractivity contribution in [1.82, 2.24) is 10.2 Å². The first-order chi connectivity index (χ1) is 17.0. The molecule has 0 fully saturated rings. The topological polar surface area (TPSA) is 96.0 Å². The molecule has 10 heteroatoms. The van der Waals surface area contributed by atoms with E-state index in [0.717, 1.165) is 6.26 Å². The lowest BCUT2D eigenvalue weighted by molar-refractivity contribution is -0.140. The largest absolute Gasteiger partial charge is 0.492 e. The summed E-state index contributed by atoms with van der Waals surface area (Å²) in [6.45, 7) is 7.35. The van der Waals surface area contributed by atoms with Gasteiger partial charge in [-0.05, 0) is 52.3 Å². The van der Waals surface area contributed by atoms with Crippen molar-refractivity contribution in [3.8, 4) is 5.75 Å². The fourth-order valence-corrected chi connectivity index (χ4v) is 4.69. The van der Waals surface area contributed by atoms with Crippen molar-refractivity contribution >= 4 is 27.5 Å². The fourth-order valence-electron chi connectivity index (χ4n) is 3.72. The molecule has 0 aliphatic heterocycles. The number of benzene rings is 2. The number of anilines is 1. The Labute approximate surface area is 213 Å². The fraction of sp³-hybridized carbons (Fsp3) is 0.462. The van der Waals surface area contributed by atoms with Crippen molar-refractivity contribution in [1.29, 1.82) is 0 Å². The van der Waals surface area contributed by atoms with Crippen LogP contribution in [0.5, 0.6) is 5.75 Å². The SMILES string of the molecule is CCOc1ccccc1N(CCCC(=O)N(Cc1ccccc1F)[C@H](C)C(=O)NC(C)C)S(C)(=O)=O. The van der Waals surface area contributed by atoms with Crippen molar-refractivity contribution < 1.29 is 27.1 Å². The Balaban J connectivity index is 2.22. The van der Waals surface area contributed by atoms with E-state index in [0.29, 0.717) is 23.6 Å². The maximum absolute atomic E-state index is 14.3. The van der Waals surface area contributed by atoms with Crippen LogP contribution in [0.15, 0.2) is 48.5 Å². The Bertz CT molecular complexity index is 1140. The van der Waals surface area contributed by atoms with Crippen LogP contribution in [0.1, 0.15) is 46.1 Å². The van der Waals surface area contributed by atoms with E-state index in [1.807, 2.05) is 13.8 Å². The molecule has 0 aliphatic carbocycles. The molecule has 0 saturated heterocycles. The summed E-state index contributed by atoms with van der Waals surface area (Å²) in [5.74, 6) is -0.770. The zero-order valence-electron chi connectivity index (χ0n) is 21.5. The summed E-state index contributed by atoms with van der Waals surface area (Å²) in [4.78, 5) is 27.3. The number of nitrogens with zero attached hydrogens (tertiary/aromatic N) is 2. The molecular formula is C26H36FN3O5S. The quantitative estimate of drug-likeness (QED) is 0.434. The van der Waals surface area contributed by atoms with Gasteiger partial charge in [0.05, 0.1) is 18.6 Å². The van der Waals surface area contributed by atoms with Crippen LogP contribution >= 0.6 is 0 Å². The molecule has 0 radical (unpaired) electrons. The predicted molar refractivity (Wildman–Crippen MR) is 139 cm³/mol. The van der Waals surface area contributed by atoms with Gasteiger partial charge >= 0.3 is 0 Å². The van der Waals surface area contributed by atoms with Gasteiger partial charge < -0.3 is 15.0 Å². The van der Waals surface area contributed by atoms with Gasteiger partial charge in [0.15, 0.2) is 0 Å². The van der Waals surface area contributed by atoms with Crippen molar-refractivity contribution in [2.45, 2.75) is 59.2 Å². The Morgan fingerprint density at radius 1 is 1.06 bits per heavy atom. The monoisotopic (exact) mass is 521 g/mol. The Morgan fingerprint density at radius 2 is 1.69 bits per heavy atom. The third-order valence-electron chi connectivity index (χ3n) is 5.48. The molecule has 2 aromatic rings. The van der Waals surface area contributed by atoms with E-state index < -0.39 is 21.9 Å². The number of para-hydroxylation sites is 2. The number of halogens is 1. The molecule has 2 amide bonds. The number of amides is 2. The smallest absolute Gasteiger partial charge is 0.242 e. The lowest BCUT2D eigenvalue weighted by Crippen LogP contribution is -2.49. The van der Waals surface area contributed by atoms with Crippen LogP contribution in [0, 0.1) is 5.82 Å². The third kappa shape index (κ3) is 8.22. The molecule has 0 unspecified atom stereocenters. The van der Waals surface area contributed by atoms with E-state index >= 15 is 0 Å². The molecule has 2 rings (SSSR count). The van der Waals surface area contributed by atoms with Gasteiger partial charge in [-0.15, -0.1) is 0 Å². The molecule has 0 spiro atoms. The van der Waals surface area contributed by atoms with Gasteiger partial charge in [-0.2, -0.15) is 0 Å². The summed E-state index contributed by atoms with van der Waals surface area (Å²) in [6.07, 6.45) is 1.26. The maximum Gasteiger partial charge on any atom is 0.242 e. The normalized spacial score (nSPS) is 12.2. The molecular weight excluding hydrogens is 485 g/mol. The van der Waals surface area contributed by atoms with Gasteiger partial charge in [-0.3, -0.25) is 13.9 Å². The highest BCUT2D eigenvalue weighted by Crippen LogP contribution is 2.30. The number of carbonyl (C=O) groups is 2. The molecule has 0 bridgehead atoms. The highest BCUT2D eigenvalue weighted by molar-refractivity contribution is 7.92. The molecule has 0 aliphatic rings. The van der Waals surface area contributed by atoms with E-state index in [1.54, 1.807) is 56.3 Å². The van der Waals surface area contributed by atoms with Crippen LogP contribution < -0.4 is 14.4 Å². The lowest BCUT2D eigenvalue weighted by atomic mass is 10.1. The van der Waals surface area contributed by atoms with Crippen LogP contribution in [-0.4, -0.2) is 56.6 Å². The number of sulfonamides is 1. The number of hydrogen-bond acceptors (Lipinski definition) is 5. The van der Waals surface area contributed by atoms with Crippen LogP contribution in [0.3, 0.4) is 0 Å². The second-order valence-corrected chi connectivity index (χ2v) is 10.7. The van der Waals surface area contributed by atoms with E-state index in [4.69, 9.17) is 4.74 Å². The van der Waals surface area contributed by atoms with Crippen LogP contribution in [0.4, 0.5) is 10.1 Å². The number of hydrogen-bond donors (Lipinski definition) is 1. The molecule has 2 aromatic carbocycles. The summed E-state index contributed by atoms with van der Waals surface area (Å²) in [7, 11) is -3.66. The first-order valence-electron chi connectivity index (χ1n) is 12.0. The molecule has 198 valence electrons. The minimum absolute atomic E-state index is 0.0312. The van der Waals surface area contributed by atoms with Crippen LogP contribution in [-0.2, 0) is 26.2 Å². The molecule has 1 atom stereocenters. The van der Waals surface area contributed by atoms with E-state index in [-0.39, 0.29) is 43.8 Å². The van der Waals surface area contributed by atoms with Crippen molar-refractivity contribution in [2.75, 3.05) is 23.7 Å². The Morgan fingerprint density at radius 3 is 2.31 bits per heavy atom. The second kappa shape index (κ2) is 13.2. The van der Waals surface area contributed by atoms with Gasteiger partial charge in [0.1, 0.15) is 17.6 Å². The summed E-state index contributed by atoms with van der Waals surface area (Å²) in [6, 6.07) is 11.9. The lowest BCUT2D eigenvalue weighted by Gasteiger charge is -2.30. The number of ether oxygens (including phenoxy) is 1. The minimum atomic E-state index is -3.66. The Hall–Kier alpha value is -3.14. The van der Waals surface area contributed by atoms with Gasteiger partial charge in [0.25, 0.3) is 0 Å². The second-order valence-electron chi connectivity index (χ2n) is 8.79. The van der Waals surface area contributed by atoms with E-state index in [2.05, 4.69) is 5.32 Å². The van der Waals surface area contributed by atoms with Crippen molar-refractivity contribution in [2.24, 2.45) is 0 Å². The highest BCUT2D eigenvalue weighted by Gasteiger charge is 2.28. The summed E-state index contributed by atoms with van der Waals surface area (Å²) >= 11 is 0. The zero-order valence-corrected chi connectivity index (χ0v) is 22.3. The molecule has 0 heterocycles. The van der Waals surface area contributed by atoms with E-state index in [9.17, 15) is 22.4 Å². The van der Waals surface area contributed by atoms with Crippen molar-refractivity contribution in [3.05, 3.63) is 59.9 Å². The molecule has 36 heavy (non-hydrogen) atoms. The molecule has 1 N–H and O–H groups in total.